The summed E-state index contributed by atoms with van der Waals surface area (Å²) in [4.78, 5) is 4.63. The van der Waals surface area contributed by atoms with Gasteiger partial charge in [0.2, 0.25) is 0 Å². The fourth-order valence-electron chi connectivity index (χ4n) is 3.31. The van der Waals surface area contributed by atoms with Crippen LogP contribution in [0, 0.1) is 5.92 Å². The molecule has 2 aliphatic heterocycles. The molecular formula is C17H23N5. The minimum Gasteiger partial charge on any atom is -0.384 e. The number of aliphatic imine (C=N–C) groups is 1. The number of hydrogen-bond donors (Lipinski definition) is 2. The van der Waals surface area contributed by atoms with Crippen LogP contribution in [0.2, 0.25) is 0 Å². The van der Waals surface area contributed by atoms with Crippen molar-refractivity contribution in [2.45, 2.75) is 38.0 Å². The average molecular weight is 297 g/mol. The predicted molar refractivity (Wildman–Crippen MR) is 88.9 cm³/mol. The van der Waals surface area contributed by atoms with Gasteiger partial charge in [-0.15, -0.1) is 0 Å². The molecule has 0 radical (unpaired) electrons. The van der Waals surface area contributed by atoms with Crippen LogP contribution in [0.1, 0.15) is 43.7 Å². The number of nitrogens with two attached hydrogens (primary N) is 1. The van der Waals surface area contributed by atoms with Crippen LogP contribution in [0.25, 0.3) is 0 Å². The monoisotopic (exact) mass is 297 g/mol. The SMILES string of the molecule is Nc1cc(C2CCNCC2)nn1C1=NC=C(C2CC2)CC=C1. The maximum atomic E-state index is 6.19. The molecule has 3 N–H and O–H groups in total. The Bertz CT molecular complexity index is 642. The minimum absolute atomic E-state index is 0.512. The molecule has 3 aliphatic rings. The van der Waals surface area contributed by atoms with E-state index in [1.807, 2.05) is 18.3 Å². The first-order valence-corrected chi connectivity index (χ1v) is 8.31. The Morgan fingerprint density at radius 2 is 1.95 bits per heavy atom. The Hall–Kier alpha value is -1.88. The zero-order valence-corrected chi connectivity index (χ0v) is 12.8. The Kier molecular flexibility index (Phi) is 3.58. The summed E-state index contributed by atoms with van der Waals surface area (Å²) in [5.41, 5.74) is 8.73. The summed E-state index contributed by atoms with van der Waals surface area (Å²) in [6.45, 7) is 2.12. The van der Waals surface area contributed by atoms with Gasteiger partial charge < -0.3 is 11.1 Å². The van der Waals surface area contributed by atoms with Crippen molar-refractivity contribution in [2.75, 3.05) is 18.8 Å². The quantitative estimate of drug-likeness (QED) is 0.881. The summed E-state index contributed by atoms with van der Waals surface area (Å²) < 4.78 is 1.79. The van der Waals surface area contributed by atoms with Gasteiger partial charge in [-0.25, -0.2) is 4.99 Å². The second-order valence-corrected chi connectivity index (χ2v) is 6.50. The number of rotatable bonds is 2. The molecule has 0 amide bonds. The number of aromatic nitrogens is 2. The normalized spacial score (nSPS) is 23.1. The highest BCUT2D eigenvalue weighted by Crippen LogP contribution is 2.38. The van der Waals surface area contributed by atoms with Gasteiger partial charge in [0.15, 0.2) is 5.84 Å². The van der Waals surface area contributed by atoms with Crippen LogP contribution in [0.5, 0.6) is 0 Å². The molecule has 0 unspecified atom stereocenters. The lowest BCUT2D eigenvalue weighted by Crippen LogP contribution is -2.27. The molecule has 1 aromatic rings. The molecule has 0 bridgehead atoms. The molecule has 1 aromatic heterocycles. The maximum absolute atomic E-state index is 6.19. The third-order valence-electron chi connectivity index (χ3n) is 4.82. The molecule has 5 nitrogen and oxygen atoms in total. The van der Waals surface area contributed by atoms with E-state index in [2.05, 4.69) is 16.4 Å². The summed E-state index contributed by atoms with van der Waals surface area (Å²) in [6.07, 6.45) is 12.1. The highest BCUT2D eigenvalue weighted by atomic mass is 15.3. The van der Waals surface area contributed by atoms with Gasteiger partial charge in [-0.05, 0) is 62.8 Å². The van der Waals surface area contributed by atoms with E-state index >= 15 is 0 Å². The van der Waals surface area contributed by atoms with E-state index in [-0.39, 0.29) is 0 Å². The van der Waals surface area contributed by atoms with Crippen molar-refractivity contribution < 1.29 is 0 Å². The van der Waals surface area contributed by atoms with Crippen LogP contribution in [-0.4, -0.2) is 28.7 Å². The minimum atomic E-state index is 0.512. The maximum Gasteiger partial charge on any atom is 0.155 e. The molecule has 5 heteroatoms. The lowest BCUT2D eigenvalue weighted by atomic mass is 9.95. The van der Waals surface area contributed by atoms with Crippen molar-refractivity contribution in [1.82, 2.24) is 15.1 Å². The van der Waals surface area contributed by atoms with E-state index in [0.717, 1.165) is 49.8 Å². The molecular weight excluding hydrogens is 274 g/mol. The van der Waals surface area contributed by atoms with Crippen LogP contribution in [0.3, 0.4) is 0 Å². The molecule has 4 rings (SSSR count). The Morgan fingerprint density at radius 1 is 1.14 bits per heavy atom. The molecule has 1 saturated carbocycles. The lowest BCUT2D eigenvalue weighted by molar-refractivity contribution is 0.452. The number of nitrogens with one attached hydrogen (secondary N) is 1. The number of nitrogens with zero attached hydrogens (tertiary/aromatic N) is 3. The zero-order valence-electron chi connectivity index (χ0n) is 12.8. The third kappa shape index (κ3) is 2.73. The molecule has 22 heavy (non-hydrogen) atoms. The van der Waals surface area contributed by atoms with E-state index < -0.39 is 0 Å². The van der Waals surface area contributed by atoms with Gasteiger partial charge in [-0.3, -0.25) is 0 Å². The van der Waals surface area contributed by atoms with Gasteiger partial charge in [0, 0.05) is 18.2 Å². The number of piperidine rings is 1. The molecule has 0 atom stereocenters. The first-order valence-electron chi connectivity index (χ1n) is 8.31. The van der Waals surface area contributed by atoms with E-state index in [1.54, 1.807) is 4.68 Å². The van der Waals surface area contributed by atoms with E-state index in [0.29, 0.717) is 11.7 Å². The van der Waals surface area contributed by atoms with Crippen LogP contribution in [0.4, 0.5) is 5.82 Å². The standard InChI is InChI=1S/C17H23N5/c18-16-10-15(13-6-8-19-9-7-13)21-22(16)17-3-1-2-14(11-20-17)12-4-5-12/h1,3,10-13,19H,2,4-9,18H2. The molecule has 1 saturated heterocycles. The van der Waals surface area contributed by atoms with Crippen LogP contribution < -0.4 is 11.1 Å². The molecule has 1 aliphatic carbocycles. The Labute approximate surface area is 131 Å². The van der Waals surface area contributed by atoms with Crippen molar-refractivity contribution in [1.29, 1.82) is 0 Å². The number of nitrogen functional groups attached to an aromatic ring is 1. The van der Waals surface area contributed by atoms with Crippen molar-refractivity contribution >= 4 is 11.7 Å². The number of allylic oxidation sites excluding steroid dienone is 3. The summed E-state index contributed by atoms with van der Waals surface area (Å²) >= 11 is 0. The summed E-state index contributed by atoms with van der Waals surface area (Å²) in [5, 5.41) is 8.13. The number of anilines is 1. The Morgan fingerprint density at radius 3 is 2.73 bits per heavy atom. The molecule has 116 valence electrons. The van der Waals surface area contributed by atoms with E-state index in [9.17, 15) is 0 Å². The average Bonchev–Trinajstić information content (AvgIpc) is 3.34. The highest BCUT2D eigenvalue weighted by Gasteiger charge is 2.26. The summed E-state index contributed by atoms with van der Waals surface area (Å²) in [7, 11) is 0. The molecule has 0 spiro atoms. The van der Waals surface area contributed by atoms with Crippen molar-refractivity contribution in [3.05, 3.63) is 35.7 Å². The van der Waals surface area contributed by atoms with E-state index in [1.165, 1.54) is 18.4 Å². The van der Waals surface area contributed by atoms with Gasteiger partial charge in [0.05, 0.1) is 5.69 Å². The molecule has 2 fully saturated rings. The molecule has 3 heterocycles. The second-order valence-electron chi connectivity index (χ2n) is 6.50. The van der Waals surface area contributed by atoms with Crippen LogP contribution in [0.15, 0.2) is 35.0 Å². The van der Waals surface area contributed by atoms with Crippen molar-refractivity contribution in [3.63, 3.8) is 0 Å². The van der Waals surface area contributed by atoms with Crippen molar-refractivity contribution in [2.24, 2.45) is 10.9 Å². The topological polar surface area (TPSA) is 68.2 Å². The highest BCUT2D eigenvalue weighted by molar-refractivity contribution is 5.96. The smallest absolute Gasteiger partial charge is 0.155 e. The lowest BCUT2D eigenvalue weighted by Gasteiger charge is -2.20. The fraction of sp³-hybridized carbons (Fsp3) is 0.529. The fourth-order valence-corrected chi connectivity index (χ4v) is 3.31. The van der Waals surface area contributed by atoms with Crippen LogP contribution in [-0.2, 0) is 0 Å². The van der Waals surface area contributed by atoms with Crippen molar-refractivity contribution in [3.8, 4) is 0 Å². The zero-order chi connectivity index (χ0) is 14.9. The first kappa shape index (κ1) is 13.8. The first-order chi connectivity index (χ1) is 10.8. The number of hydrogen-bond acceptors (Lipinski definition) is 4. The summed E-state index contributed by atoms with van der Waals surface area (Å²) in [5.74, 6) is 2.78. The largest absolute Gasteiger partial charge is 0.384 e. The van der Waals surface area contributed by atoms with Crippen LogP contribution >= 0.6 is 0 Å². The Balaban J connectivity index is 1.60. The third-order valence-corrected chi connectivity index (χ3v) is 4.82. The van der Waals surface area contributed by atoms with Gasteiger partial charge in [0.1, 0.15) is 5.82 Å². The van der Waals surface area contributed by atoms with Gasteiger partial charge in [0.25, 0.3) is 0 Å². The van der Waals surface area contributed by atoms with E-state index in [4.69, 9.17) is 10.8 Å². The predicted octanol–water partition coefficient (Wildman–Crippen LogP) is 2.43. The van der Waals surface area contributed by atoms with Gasteiger partial charge >= 0.3 is 0 Å². The molecule has 0 aromatic carbocycles. The van der Waals surface area contributed by atoms with Gasteiger partial charge in [-0.1, -0.05) is 6.08 Å². The van der Waals surface area contributed by atoms with Gasteiger partial charge in [-0.2, -0.15) is 9.78 Å². The second kappa shape index (κ2) is 5.72. The summed E-state index contributed by atoms with van der Waals surface area (Å²) in [6, 6.07) is 2.02.